The van der Waals surface area contributed by atoms with Gasteiger partial charge in [0.25, 0.3) is 5.91 Å². The summed E-state index contributed by atoms with van der Waals surface area (Å²) in [6, 6.07) is 7.06. The molecule has 2 saturated carbocycles. The number of carbonyl (C=O) groups is 1. The second-order valence-corrected chi connectivity index (χ2v) is 7.32. The van der Waals surface area contributed by atoms with Crippen LogP contribution in [0.4, 0.5) is 0 Å². The average Bonchev–Trinajstić information content (AvgIpc) is 3.36. The van der Waals surface area contributed by atoms with E-state index in [9.17, 15) is 4.79 Å². The average molecular weight is 356 g/mol. The number of hydrogen-bond acceptors (Lipinski definition) is 5. The van der Waals surface area contributed by atoms with Crippen LogP contribution in [0.3, 0.4) is 0 Å². The van der Waals surface area contributed by atoms with Gasteiger partial charge in [0.2, 0.25) is 0 Å². The Kier molecular flexibility index (Phi) is 4.34. The molecule has 0 bridgehead atoms. The number of carbonyl (C=O) groups excluding carboxylic acids is 1. The van der Waals surface area contributed by atoms with Crippen molar-refractivity contribution in [2.75, 3.05) is 20.8 Å². The van der Waals surface area contributed by atoms with Gasteiger partial charge in [0, 0.05) is 12.6 Å². The lowest BCUT2D eigenvalue weighted by Gasteiger charge is -2.42. The van der Waals surface area contributed by atoms with Crippen molar-refractivity contribution in [3.05, 3.63) is 30.0 Å². The highest BCUT2D eigenvalue weighted by molar-refractivity contribution is 5.93. The molecule has 26 heavy (non-hydrogen) atoms. The summed E-state index contributed by atoms with van der Waals surface area (Å²) in [6.07, 6.45) is 6.33. The van der Waals surface area contributed by atoms with E-state index in [0.717, 1.165) is 12.5 Å². The third kappa shape index (κ3) is 3.04. The Bertz CT molecular complexity index is 806. The monoisotopic (exact) mass is 356 g/mol. The first kappa shape index (κ1) is 16.9. The van der Waals surface area contributed by atoms with Crippen molar-refractivity contribution < 1.29 is 18.8 Å². The Morgan fingerprint density at radius 2 is 2.08 bits per heavy atom. The fraction of sp³-hybridized carbons (Fsp3) is 0.500. The number of rotatable bonds is 7. The van der Waals surface area contributed by atoms with Crippen LogP contribution < -0.4 is 14.8 Å². The van der Waals surface area contributed by atoms with E-state index in [2.05, 4.69) is 10.5 Å². The fourth-order valence-corrected chi connectivity index (χ4v) is 3.92. The molecule has 1 amide bonds. The minimum absolute atomic E-state index is 0.186. The van der Waals surface area contributed by atoms with Gasteiger partial charge in [0.1, 0.15) is 11.5 Å². The maximum absolute atomic E-state index is 12.5. The maximum Gasteiger partial charge on any atom is 0.273 e. The standard InChI is InChI=1S/C20H24N2O4/c1-24-14-6-7-17(25-2)15(10-14)18-11-16(22-26-18)19(23)21-12-20(8-3-9-20)13-4-5-13/h6-7,10-11,13H,3-5,8-9,12H2,1-2H3,(H,21,23). The molecule has 1 N–H and O–H groups in total. The summed E-state index contributed by atoms with van der Waals surface area (Å²) < 4.78 is 16.0. The van der Waals surface area contributed by atoms with E-state index in [0.29, 0.717) is 28.2 Å². The first-order valence-electron chi connectivity index (χ1n) is 9.12. The Hall–Kier alpha value is -2.50. The number of hydrogen-bond donors (Lipinski definition) is 1. The second kappa shape index (κ2) is 6.67. The molecule has 2 aliphatic carbocycles. The molecule has 138 valence electrons. The van der Waals surface area contributed by atoms with Crippen LogP contribution in [-0.2, 0) is 0 Å². The van der Waals surface area contributed by atoms with Crippen molar-refractivity contribution >= 4 is 5.91 Å². The van der Waals surface area contributed by atoms with Gasteiger partial charge in [0.05, 0.1) is 19.8 Å². The van der Waals surface area contributed by atoms with Crippen LogP contribution >= 0.6 is 0 Å². The topological polar surface area (TPSA) is 73.6 Å². The van der Waals surface area contributed by atoms with E-state index < -0.39 is 0 Å². The Morgan fingerprint density at radius 1 is 1.27 bits per heavy atom. The summed E-state index contributed by atoms with van der Waals surface area (Å²) in [4.78, 5) is 12.5. The van der Waals surface area contributed by atoms with Crippen LogP contribution in [0.25, 0.3) is 11.3 Å². The molecule has 0 unspecified atom stereocenters. The van der Waals surface area contributed by atoms with Crippen molar-refractivity contribution in [2.45, 2.75) is 32.1 Å². The largest absolute Gasteiger partial charge is 0.497 e. The summed E-state index contributed by atoms with van der Waals surface area (Å²) in [6.45, 7) is 0.737. The van der Waals surface area contributed by atoms with Crippen molar-refractivity contribution in [3.8, 4) is 22.8 Å². The van der Waals surface area contributed by atoms with Crippen molar-refractivity contribution in [3.63, 3.8) is 0 Å². The van der Waals surface area contributed by atoms with Gasteiger partial charge in [-0.2, -0.15) is 0 Å². The fourth-order valence-electron chi connectivity index (χ4n) is 3.92. The minimum Gasteiger partial charge on any atom is -0.497 e. The van der Waals surface area contributed by atoms with E-state index in [4.69, 9.17) is 14.0 Å². The van der Waals surface area contributed by atoms with Gasteiger partial charge >= 0.3 is 0 Å². The molecular formula is C20H24N2O4. The third-order valence-corrected chi connectivity index (χ3v) is 5.81. The predicted octanol–water partition coefficient (Wildman–Crippen LogP) is 3.67. The number of nitrogens with zero attached hydrogens (tertiary/aromatic N) is 1. The van der Waals surface area contributed by atoms with E-state index in [-0.39, 0.29) is 11.6 Å². The Balaban J connectivity index is 1.48. The highest BCUT2D eigenvalue weighted by Gasteiger charge is 2.48. The maximum atomic E-state index is 12.5. The lowest BCUT2D eigenvalue weighted by molar-refractivity contribution is 0.0775. The first-order chi connectivity index (χ1) is 12.6. The second-order valence-electron chi connectivity index (χ2n) is 7.32. The highest BCUT2D eigenvalue weighted by Crippen LogP contribution is 2.56. The van der Waals surface area contributed by atoms with Gasteiger partial charge < -0.3 is 19.3 Å². The minimum atomic E-state index is -0.186. The zero-order valence-corrected chi connectivity index (χ0v) is 15.2. The summed E-state index contributed by atoms with van der Waals surface area (Å²) >= 11 is 0. The molecule has 6 nitrogen and oxygen atoms in total. The van der Waals surface area contributed by atoms with Gasteiger partial charge in [-0.25, -0.2) is 0 Å². The predicted molar refractivity (Wildman–Crippen MR) is 96.4 cm³/mol. The number of aromatic nitrogens is 1. The molecule has 0 aliphatic heterocycles. The van der Waals surface area contributed by atoms with E-state index >= 15 is 0 Å². The lowest BCUT2D eigenvalue weighted by Crippen LogP contribution is -2.43. The smallest absolute Gasteiger partial charge is 0.273 e. The Labute approximate surface area is 152 Å². The summed E-state index contributed by atoms with van der Waals surface area (Å²) in [7, 11) is 3.19. The lowest BCUT2D eigenvalue weighted by atomic mass is 9.65. The molecule has 1 heterocycles. The van der Waals surface area contributed by atoms with Gasteiger partial charge in [-0.15, -0.1) is 0 Å². The number of nitrogens with one attached hydrogen (secondary N) is 1. The van der Waals surface area contributed by atoms with Crippen LogP contribution in [0.5, 0.6) is 11.5 Å². The van der Waals surface area contributed by atoms with Crippen molar-refractivity contribution in [1.82, 2.24) is 10.5 Å². The zero-order chi connectivity index (χ0) is 18.1. The van der Waals surface area contributed by atoms with Gasteiger partial charge in [-0.1, -0.05) is 11.6 Å². The number of amides is 1. The van der Waals surface area contributed by atoms with Crippen molar-refractivity contribution in [2.24, 2.45) is 11.3 Å². The molecule has 0 saturated heterocycles. The normalized spacial score (nSPS) is 18.1. The third-order valence-electron chi connectivity index (χ3n) is 5.81. The van der Waals surface area contributed by atoms with E-state index in [1.807, 2.05) is 6.07 Å². The molecule has 6 heteroatoms. The van der Waals surface area contributed by atoms with Crippen LogP contribution in [0.1, 0.15) is 42.6 Å². The van der Waals surface area contributed by atoms with Crippen LogP contribution in [0.15, 0.2) is 28.8 Å². The molecular weight excluding hydrogens is 332 g/mol. The van der Waals surface area contributed by atoms with Crippen LogP contribution in [-0.4, -0.2) is 31.8 Å². The van der Waals surface area contributed by atoms with E-state index in [1.165, 1.54) is 32.1 Å². The summed E-state index contributed by atoms with van der Waals surface area (Å²) in [5.41, 5.74) is 1.32. The molecule has 2 fully saturated rings. The molecule has 0 radical (unpaired) electrons. The van der Waals surface area contributed by atoms with Gasteiger partial charge in [-0.05, 0) is 55.2 Å². The number of ether oxygens (including phenoxy) is 2. The molecule has 1 aromatic carbocycles. The summed E-state index contributed by atoms with van der Waals surface area (Å²) in [5.74, 6) is 2.40. The molecule has 2 aromatic rings. The first-order valence-corrected chi connectivity index (χ1v) is 9.12. The molecule has 0 atom stereocenters. The van der Waals surface area contributed by atoms with Gasteiger partial charge in [-0.3, -0.25) is 4.79 Å². The highest BCUT2D eigenvalue weighted by atomic mass is 16.5. The zero-order valence-electron chi connectivity index (χ0n) is 15.2. The molecule has 0 spiro atoms. The number of methoxy groups -OCH3 is 2. The van der Waals surface area contributed by atoms with E-state index in [1.54, 1.807) is 32.4 Å². The SMILES string of the molecule is COc1ccc(OC)c(-c2cc(C(=O)NCC3(C4CC4)CCC3)no2)c1. The van der Waals surface area contributed by atoms with Gasteiger partial charge in [0.15, 0.2) is 11.5 Å². The molecule has 1 aromatic heterocycles. The van der Waals surface area contributed by atoms with Crippen LogP contribution in [0.2, 0.25) is 0 Å². The molecule has 2 aliphatic rings. The van der Waals surface area contributed by atoms with Crippen molar-refractivity contribution in [1.29, 1.82) is 0 Å². The molecule has 4 rings (SSSR count). The Morgan fingerprint density at radius 3 is 2.69 bits per heavy atom. The number of benzene rings is 1. The summed E-state index contributed by atoms with van der Waals surface area (Å²) in [5, 5.41) is 7.01. The van der Waals surface area contributed by atoms with Crippen LogP contribution in [0, 0.1) is 11.3 Å². The quantitative estimate of drug-likeness (QED) is 0.819.